The first-order valence-corrected chi connectivity index (χ1v) is 6.63. The van der Waals surface area contributed by atoms with Crippen molar-refractivity contribution >= 4 is 23.4 Å². The molecule has 0 bridgehead atoms. The van der Waals surface area contributed by atoms with Gasteiger partial charge < -0.3 is 10.0 Å². The number of aromatic nitrogens is 2. The smallest absolute Gasteiger partial charge is 0.335 e. The average Bonchev–Trinajstić information content (AvgIpc) is 2.84. The van der Waals surface area contributed by atoms with Crippen LogP contribution < -0.4 is 0 Å². The van der Waals surface area contributed by atoms with Crippen LogP contribution in [0.4, 0.5) is 0 Å². The van der Waals surface area contributed by atoms with E-state index >= 15 is 0 Å². The van der Waals surface area contributed by atoms with Crippen molar-refractivity contribution in [3.63, 3.8) is 0 Å². The maximum absolute atomic E-state index is 12.2. The van der Waals surface area contributed by atoms with E-state index in [2.05, 4.69) is 9.59 Å². The Morgan fingerprint density at radius 1 is 1.30 bits per heavy atom. The van der Waals surface area contributed by atoms with Crippen molar-refractivity contribution in [2.45, 2.75) is 13.5 Å². The van der Waals surface area contributed by atoms with E-state index in [1.807, 2.05) is 0 Å². The largest absolute Gasteiger partial charge is 0.478 e. The molecule has 20 heavy (non-hydrogen) atoms. The minimum atomic E-state index is -0.965. The van der Waals surface area contributed by atoms with Crippen LogP contribution in [-0.4, -0.2) is 38.5 Å². The van der Waals surface area contributed by atoms with Gasteiger partial charge in [0.15, 0.2) is 0 Å². The molecule has 7 heteroatoms. The summed E-state index contributed by atoms with van der Waals surface area (Å²) in [6.07, 6.45) is 0. The van der Waals surface area contributed by atoms with E-state index in [1.54, 1.807) is 31.0 Å². The highest BCUT2D eigenvalue weighted by Gasteiger charge is 2.17. The number of carbonyl (C=O) groups excluding carboxylic acids is 1. The highest BCUT2D eigenvalue weighted by atomic mass is 32.1. The third-order valence-corrected chi connectivity index (χ3v) is 3.63. The fourth-order valence-corrected chi connectivity index (χ4v) is 2.35. The minimum absolute atomic E-state index is 0.139. The van der Waals surface area contributed by atoms with Crippen LogP contribution in [0.1, 0.15) is 31.3 Å². The number of rotatable bonds is 4. The molecule has 104 valence electrons. The summed E-state index contributed by atoms with van der Waals surface area (Å²) in [6.45, 7) is 2.14. The van der Waals surface area contributed by atoms with E-state index in [-0.39, 0.29) is 11.5 Å². The number of carboxylic acid groups (broad SMARTS) is 1. The summed E-state index contributed by atoms with van der Waals surface area (Å²) in [5.41, 5.74) is 1.71. The van der Waals surface area contributed by atoms with Crippen LogP contribution in [0.25, 0.3) is 0 Å². The molecule has 1 N–H and O–H groups in total. The molecule has 0 saturated heterocycles. The molecule has 1 aromatic carbocycles. The van der Waals surface area contributed by atoms with Crippen molar-refractivity contribution in [3.8, 4) is 0 Å². The molecule has 1 amide bonds. The molecule has 0 aliphatic rings. The second kappa shape index (κ2) is 5.79. The summed E-state index contributed by atoms with van der Waals surface area (Å²) in [5.74, 6) is -1.10. The van der Waals surface area contributed by atoms with Crippen LogP contribution in [0.3, 0.4) is 0 Å². The molecule has 1 heterocycles. The van der Waals surface area contributed by atoms with Crippen molar-refractivity contribution in [3.05, 3.63) is 46.0 Å². The van der Waals surface area contributed by atoms with Crippen LogP contribution in [-0.2, 0) is 6.54 Å². The Morgan fingerprint density at radius 3 is 2.45 bits per heavy atom. The van der Waals surface area contributed by atoms with Crippen LogP contribution in [0.2, 0.25) is 0 Å². The van der Waals surface area contributed by atoms with Crippen molar-refractivity contribution in [2.24, 2.45) is 0 Å². The number of carbonyl (C=O) groups is 2. The maximum atomic E-state index is 12.2. The Morgan fingerprint density at radius 2 is 1.95 bits per heavy atom. The summed E-state index contributed by atoms with van der Waals surface area (Å²) in [4.78, 5) is 25.0. The third kappa shape index (κ3) is 3.00. The van der Waals surface area contributed by atoms with Gasteiger partial charge in [0.05, 0.1) is 11.3 Å². The first kappa shape index (κ1) is 14.1. The van der Waals surface area contributed by atoms with Crippen molar-refractivity contribution in [1.82, 2.24) is 14.5 Å². The Kier molecular flexibility index (Phi) is 4.09. The molecular weight excluding hydrogens is 278 g/mol. The highest BCUT2D eigenvalue weighted by molar-refractivity contribution is 7.07. The van der Waals surface area contributed by atoms with Gasteiger partial charge in [-0.05, 0) is 36.2 Å². The predicted molar refractivity (Wildman–Crippen MR) is 73.8 cm³/mol. The lowest BCUT2D eigenvalue weighted by molar-refractivity contribution is 0.0695. The van der Waals surface area contributed by atoms with Crippen LogP contribution in [0, 0.1) is 6.92 Å². The molecular formula is C13H13N3O3S. The molecule has 2 aromatic rings. The third-order valence-electron chi connectivity index (χ3n) is 2.81. The highest BCUT2D eigenvalue weighted by Crippen LogP contribution is 2.14. The maximum Gasteiger partial charge on any atom is 0.335 e. The normalized spacial score (nSPS) is 10.3. The lowest BCUT2D eigenvalue weighted by Crippen LogP contribution is -2.26. The first-order chi connectivity index (χ1) is 9.49. The first-order valence-electron chi connectivity index (χ1n) is 5.85. The number of carboxylic acids is 1. The van der Waals surface area contributed by atoms with Gasteiger partial charge in [-0.15, -0.1) is 5.10 Å². The van der Waals surface area contributed by atoms with Crippen molar-refractivity contribution in [2.75, 3.05) is 7.05 Å². The summed E-state index contributed by atoms with van der Waals surface area (Å²) in [6, 6.07) is 6.45. The number of hydrogen-bond donors (Lipinski definition) is 1. The van der Waals surface area contributed by atoms with Crippen molar-refractivity contribution in [1.29, 1.82) is 0 Å². The van der Waals surface area contributed by atoms with Gasteiger partial charge in [0, 0.05) is 13.6 Å². The van der Waals surface area contributed by atoms with Crippen LogP contribution in [0.5, 0.6) is 0 Å². The lowest BCUT2D eigenvalue weighted by atomic mass is 10.1. The van der Waals surface area contributed by atoms with Gasteiger partial charge in [-0.1, -0.05) is 16.6 Å². The van der Waals surface area contributed by atoms with E-state index in [0.29, 0.717) is 17.1 Å². The Hall–Kier alpha value is -2.28. The second-order valence-corrected chi connectivity index (χ2v) is 5.10. The fraction of sp³-hybridized carbons (Fsp3) is 0.231. The van der Waals surface area contributed by atoms with Gasteiger partial charge >= 0.3 is 5.97 Å². The monoisotopic (exact) mass is 291 g/mol. The van der Waals surface area contributed by atoms with Gasteiger partial charge in [0.25, 0.3) is 5.91 Å². The quantitative estimate of drug-likeness (QED) is 0.929. The number of nitrogens with zero attached hydrogens (tertiary/aromatic N) is 3. The molecule has 0 saturated carbocycles. The van der Waals surface area contributed by atoms with Gasteiger partial charge in [0.1, 0.15) is 4.88 Å². The molecule has 0 aliphatic carbocycles. The van der Waals surface area contributed by atoms with E-state index in [1.165, 1.54) is 12.1 Å². The zero-order valence-electron chi connectivity index (χ0n) is 11.0. The van der Waals surface area contributed by atoms with E-state index in [4.69, 9.17) is 5.11 Å². The minimum Gasteiger partial charge on any atom is -0.478 e. The second-order valence-electron chi connectivity index (χ2n) is 4.35. The molecule has 0 fully saturated rings. The fourth-order valence-electron chi connectivity index (χ4n) is 1.70. The van der Waals surface area contributed by atoms with Crippen molar-refractivity contribution < 1.29 is 14.7 Å². The van der Waals surface area contributed by atoms with Gasteiger partial charge in [-0.2, -0.15) is 0 Å². The zero-order chi connectivity index (χ0) is 14.7. The Balaban J connectivity index is 2.08. The molecule has 0 aliphatic heterocycles. The molecule has 6 nitrogen and oxygen atoms in total. The van der Waals surface area contributed by atoms with Crippen LogP contribution >= 0.6 is 11.5 Å². The number of aromatic carboxylic acids is 1. The SMILES string of the molecule is Cc1nnsc1C(=O)N(C)Cc1ccc(C(=O)O)cc1. The molecule has 0 spiro atoms. The molecule has 0 unspecified atom stereocenters. The molecule has 0 atom stereocenters. The Bertz CT molecular complexity index is 637. The number of amides is 1. The predicted octanol–water partition coefficient (Wildman–Crippen LogP) is 1.82. The average molecular weight is 291 g/mol. The molecule has 1 aromatic heterocycles. The van der Waals surface area contributed by atoms with E-state index in [0.717, 1.165) is 17.1 Å². The van der Waals surface area contributed by atoms with Crippen LogP contribution in [0.15, 0.2) is 24.3 Å². The zero-order valence-corrected chi connectivity index (χ0v) is 11.8. The van der Waals surface area contributed by atoms with E-state index in [9.17, 15) is 9.59 Å². The number of aryl methyl sites for hydroxylation is 1. The molecule has 2 rings (SSSR count). The summed E-state index contributed by atoms with van der Waals surface area (Å²) in [7, 11) is 1.69. The van der Waals surface area contributed by atoms with Gasteiger partial charge in [0.2, 0.25) is 0 Å². The van der Waals surface area contributed by atoms with E-state index < -0.39 is 5.97 Å². The summed E-state index contributed by atoms with van der Waals surface area (Å²) < 4.78 is 3.74. The van der Waals surface area contributed by atoms with Gasteiger partial charge in [-0.3, -0.25) is 4.79 Å². The van der Waals surface area contributed by atoms with Gasteiger partial charge in [-0.25, -0.2) is 4.79 Å². The topological polar surface area (TPSA) is 83.4 Å². The standard InChI is InChI=1S/C13H13N3O3S/c1-8-11(20-15-14-8)12(17)16(2)7-9-3-5-10(6-4-9)13(18)19/h3-6H,7H2,1-2H3,(H,18,19). The summed E-state index contributed by atoms with van der Waals surface area (Å²) >= 11 is 1.07. The number of hydrogen-bond acceptors (Lipinski definition) is 5. The summed E-state index contributed by atoms with van der Waals surface area (Å²) in [5, 5.41) is 12.6. The molecule has 0 radical (unpaired) electrons. The Labute approximate surface area is 119 Å². The lowest BCUT2D eigenvalue weighted by Gasteiger charge is -2.16. The number of benzene rings is 1.